The summed E-state index contributed by atoms with van der Waals surface area (Å²) in [7, 11) is 0. The number of para-hydroxylation sites is 1. The lowest BCUT2D eigenvalue weighted by molar-refractivity contribution is -0.122. The number of fused-ring (bicyclic) bond motifs is 1. The van der Waals surface area contributed by atoms with E-state index in [1.807, 2.05) is 36.4 Å². The molecule has 2 aromatic carbocycles. The first-order valence-corrected chi connectivity index (χ1v) is 9.89. The van der Waals surface area contributed by atoms with Crippen LogP contribution in [0.1, 0.15) is 12.5 Å². The number of benzene rings is 2. The molecule has 2 aromatic rings. The number of amidine groups is 1. The van der Waals surface area contributed by atoms with Gasteiger partial charge in [-0.25, -0.2) is 0 Å². The SMILES string of the molecule is CC(Oc1ccccc1Cl)C(=O)Nc1ccc(C2=CSC3=NCCN23)cc1. The third-order valence-electron chi connectivity index (χ3n) is 4.33. The van der Waals surface area contributed by atoms with Crippen LogP contribution in [0.5, 0.6) is 5.75 Å². The van der Waals surface area contributed by atoms with Crippen molar-refractivity contribution in [3.8, 4) is 5.75 Å². The number of hydrogen-bond donors (Lipinski definition) is 1. The van der Waals surface area contributed by atoms with E-state index in [1.54, 1.807) is 30.8 Å². The zero-order valence-electron chi connectivity index (χ0n) is 14.7. The topological polar surface area (TPSA) is 53.9 Å². The first-order chi connectivity index (χ1) is 13.1. The van der Waals surface area contributed by atoms with Crippen molar-refractivity contribution in [2.45, 2.75) is 13.0 Å². The predicted molar refractivity (Wildman–Crippen MR) is 111 cm³/mol. The molecule has 0 fully saturated rings. The highest BCUT2D eigenvalue weighted by atomic mass is 35.5. The van der Waals surface area contributed by atoms with Gasteiger partial charge in [0.25, 0.3) is 5.91 Å². The van der Waals surface area contributed by atoms with Crippen molar-refractivity contribution in [3.05, 3.63) is 64.5 Å². The summed E-state index contributed by atoms with van der Waals surface area (Å²) < 4.78 is 5.66. The summed E-state index contributed by atoms with van der Waals surface area (Å²) in [6.07, 6.45) is -0.665. The fourth-order valence-electron chi connectivity index (χ4n) is 2.90. The standard InChI is InChI=1S/C20H18ClN3O2S/c1-13(26-18-5-3-2-4-16(18)21)19(25)23-15-8-6-14(7-9-15)17-12-27-20-22-10-11-24(17)20/h2-9,12-13H,10-11H2,1H3,(H,23,25). The summed E-state index contributed by atoms with van der Waals surface area (Å²) in [5.74, 6) is 0.262. The van der Waals surface area contributed by atoms with Crippen molar-refractivity contribution in [3.63, 3.8) is 0 Å². The van der Waals surface area contributed by atoms with Gasteiger partial charge in [-0.05, 0) is 36.8 Å². The number of anilines is 1. The van der Waals surface area contributed by atoms with Crippen molar-refractivity contribution in [2.24, 2.45) is 4.99 Å². The minimum Gasteiger partial charge on any atom is -0.479 e. The molecule has 2 aliphatic heterocycles. The number of carbonyl (C=O) groups is 1. The molecular formula is C20H18ClN3O2S. The molecule has 5 nitrogen and oxygen atoms in total. The van der Waals surface area contributed by atoms with Crippen LogP contribution in [-0.4, -0.2) is 35.2 Å². The van der Waals surface area contributed by atoms with E-state index < -0.39 is 6.10 Å². The second-order valence-electron chi connectivity index (χ2n) is 6.19. The van der Waals surface area contributed by atoms with Gasteiger partial charge in [-0.2, -0.15) is 0 Å². The van der Waals surface area contributed by atoms with E-state index in [0.29, 0.717) is 10.8 Å². The molecule has 4 rings (SSSR count). The van der Waals surface area contributed by atoms with Crippen LogP contribution in [0, 0.1) is 0 Å². The van der Waals surface area contributed by atoms with Crippen LogP contribution in [0.3, 0.4) is 0 Å². The first kappa shape index (κ1) is 17.9. The van der Waals surface area contributed by atoms with E-state index >= 15 is 0 Å². The fourth-order valence-corrected chi connectivity index (χ4v) is 4.04. The zero-order chi connectivity index (χ0) is 18.8. The Kier molecular flexibility index (Phi) is 5.09. The fraction of sp³-hybridized carbons (Fsp3) is 0.200. The number of ether oxygens (including phenoxy) is 1. The van der Waals surface area contributed by atoms with E-state index in [9.17, 15) is 4.79 Å². The maximum Gasteiger partial charge on any atom is 0.265 e. The molecule has 0 radical (unpaired) electrons. The third kappa shape index (κ3) is 3.82. The van der Waals surface area contributed by atoms with Crippen molar-refractivity contribution < 1.29 is 9.53 Å². The largest absolute Gasteiger partial charge is 0.479 e. The van der Waals surface area contributed by atoms with Gasteiger partial charge in [0.2, 0.25) is 0 Å². The first-order valence-electron chi connectivity index (χ1n) is 8.63. The molecule has 7 heteroatoms. The highest BCUT2D eigenvalue weighted by Gasteiger charge is 2.27. The van der Waals surface area contributed by atoms with Gasteiger partial charge in [0.15, 0.2) is 11.3 Å². The van der Waals surface area contributed by atoms with Crippen LogP contribution in [-0.2, 0) is 4.79 Å². The zero-order valence-corrected chi connectivity index (χ0v) is 16.3. The summed E-state index contributed by atoms with van der Waals surface area (Å²) >= 11 is 7.73. The van der Waals surface area contributed by atoms with Gasteiger partial charge in [0.1, 0.15) is 5.75 Å². The van der Waals surface area contributed by atoms with E-state index in [4.69, 9.17) is 16.3 Å². The number of nitrogens with one attached hydrogen (secondary N) is 1. The number of amides is 1. The van der Waals surface area contributed by atoms with E-state index in [-0.39, 0.29) is 5.91 Å². The van der Waals surface area contributed by atoms with Gasteiger partial charge in [0.05, 0.1) is 17.3 Å². The molecule has 1 unspecified atom stereocenters. The Balaban J connectivity index is 1.39. The van der Waals surface area contributed by atoms with Crippen LogP contribution in [0.4, 0.5) is 5.69 Å². The molecule has 2 heterocycles. The Labute approximate surface area is 167 Å². The maximum atomic E-state index is 12.4. The number of thioether (sulfide) groups is 1. The smallest absolute Gasteiger partial charge is 0.265 e. The van der Waals surface area contributed by atoms with Gasteiger partial charge in [-0.15, -0.1) is 0 Å². The molecule has 1 amide bonds. The summed E-state index contributed by atoms with van der Waals surface area (Å²) in [6, 6.07) is 14.9. The van der Waals surface area contributed by atoms with Crippen LogP contribution < -0.4 is 10.1 Å². The number of carbonyl (C=O) groups excluding carboxylic acids is 1. The lowest BCUT2D eigenvalue weighted by Crippen LogP contribution is -2.30. The van der Waals surface area contributed by atoms with Crippen LogP contribution in [0.2, 0.25) is 5.02 Å². The molecular weight excluding hydrogens is 382 g/mol. The number of hydrogen-bond acceptors (Lipinski definition) is 5. The molecule has 0 saturated heterocycles. The van der Waals surface area contributed by atoms with Gasteiger partial charge in [-0.3, -0.25) is 9.79 Å². The van der Waals surface area contributed by atoms with Crippen molar-refractivity contribution in [2.75, 3.05) is 18.4 Å². The number of rotatable bonds is 5. The summed E-state index contributed by atoms with van der Waals surface area (Å²) in [4.78, 5) is 19.1. The normalized spacial score (nSPS) is 16.4. The lowest BCUT2D eigenvalue weighted by Gasteiger charge is -2.18. The monoisotopic (exact) mass is 399 g/mol. The van der Waals surface area contributed by atoms with Gasteiger partial charge < -0.3 is 15.0 Å². The average molecular weight is 400 g/mol. The molecule has 1 N–H and O–H groups in total. The van der Waals surface area contributed by atoms with Crippen LogP contribution in [0.15, 0.2) is 58.9 Å². The minimum absolute atomic E-state index is 0.229. The van der Waals surface area contributed by atoms with Gasteiger partial charge in [-0.1, -0.05) is 47.6 Å². The minimum atomic E-state index is -0.665. The quantitative estimate of drug-likeness (QED) is 0.806. The van der Waals surface area contributed by atoms with Crippen LogP contribution in [0.25, 0.3) is 5.70 Å². The van der Waals surface area contributed by atoms with E-state index in [1.165, 1.54) is 0 Å². The van der Waals surface area contributed by atoms with Gasteiger partial charge in [0, 0.05) is 17.6 Å². The van der Waals surface area contributed by atoms with Crippen molar-refractivity contribution in [1.82, 2.24) is 4.90 Å². The average Bonchev–Trinajstić information content (AvgIpc) is 3.28. The van der Waals surface area contributed by atoms with E-state index in [2.05, 4.69) is 20.6 Å². The Morgan fingerprint density at radius 1 is 1.26 bits per heavy atom. The maximum absolute atomic E-state index is 12.4. The lowest BCUT2D eigenvalue weighted by atomic mass is 10.1. The second kappa shape index (κ2) is 7.66. The Bertz CT molecular complexity index is 927. The van der Waals surface area contributed by atoms with Crippen molar-refractivity contribution in [1.29, 1.82) is 0 Å². The molecule has 0 aromatic heterocycles. The Morgan fingerprint density at radius 2 is 2.04 bits per heavy atom. The van der Waals surface area contributed by atoms with Gasteiger partial charge >= 0.3 is 0 Å². The predicted octanol–water partition coefficient (Wildman–Crippen LogP) is 4.46. The molecule has 1 atom stereocenters. The molecule has 27 heavy (non-hydrogen) atoms. The Hall–Kier alpha value is -2.44. The number of aliphatic imine (C=N–C) groups is 1. The van der Waals surface area contributed by atoms with Crippen molar-refractivity contribution >= 4 is 45.8 Å². The van der Waals surface area contributed by atoms with Crippen LogP contribution >= 0.6 is 23.4 Å². The Morgan fingerprint density at radius 3 is 2.81 bits per heavy atom. The molecule has 0 aliphatic carbocycles. The number of halogens is 1. The molecule has 0 saturated carbocycles. The molecule has 0 spiro atoms. The van der Waals surface area contributed by atoms with E-state index in [0.717, 1.165) is 35.2 Å². The summed E-state index contributed by atoms with van der Waals surface area (Å²) in [5, 5.41) is 6.54. The number of nitrogens with zero attached hydrogens (tertiary/aromatic N) is 2. The molecule has 138 valence electrons. The summed E-state index contributed by atoms with van der Waals surface area (Å²) in [6.45, 7) is 3.46. The highest BCUT2D eigenvalue weighted by Crippen LogP contribution is 2.35. The molecule has 2 aliphatic rings. The highest BCUT2D eigenvalue weighted by molar-refractivity contribution is 8.16. The summed E-state index contributed by atoms with van der Waals surface area (Å²) in [5.41, 5.74) is 2.98. The second-order valence-corrected chi connectivity index (χ2v) is 7.44. The third-order valence-corrected chi connectivity index (χ3v) is 5.54. The molecule has 0 bridgehead atoms.